The third kappa shape index (κ3) is 3.60. The van der Waals surface area contributed by atoms with Crippen molar-refractivity contribution >= 4 is 11.6 Å². The van der Waals surface area contributed by atoms with E-state index in [0.717, 1.165) is 11.8 Å². The van der Waals surface area contributed by atoms with Crippen molar-refractivity contribution in [3.8, 4) is 11.6 Å². The molecule has 0 saturated carbocycles. The number of aromatic nitrogens is 1. The number of halogens is 2. The summed E-state index contributed by atoms with van der Waals surface area (Å²) in [7, 11) is 0. The van der Waals surface area contributed by atoms with Gasteiger partial charge in [0.1, 0.15) is 19.0 Å². The largest absolute Gasteiger partial charge is 0.490 e. The van der Waals surface area contributed by atoms with Gasteiger partial charge >= 0.3 is 0 Å². The van der Waals surface area contributed by atoms with Crippen molar-refractivity contribution in [2.75, 3.05) is 13.2 Å². The summed E-state index contributed by atoms with van der Waals surface area (Å²) in [5.41, 5.74) is 0. The van der Waals surface area contributed by atoms with Gasteiger partial charge in [-0.1, -0.05) is 29.8 Å². The second-order valence-electron chi connectivity index (χ2n) is 3.45. The fourth-order valence-electron chi connectivity index (χ4n) is 1.32. The highest BCUT2D eigenvalue weighted by atomic mass is 35.5. The summed E-state index contributed by atoms with van der Waals surface area (Å²) < 4.78 is 23.8. The molecule has 1 aromatic carbocycles. The molecule has 2 aromatic rings. The monoisotopic (exact) mass is 267 g/mol. The third-order valence-corrected chi connectivity index (χ3v) is 2.31. The number of nitrogens with zero attached hydrogens (tertiary/aromatic N) is 1. The number of para-hydroxylation sites is 1. The first-order chi connectivity index (χ1) is 8.75. The zero-order valence-electron chi connectivity index (χ0n) is 9.48. The lowest BCUT2D eigenvalue weighted by Crippen LogP contribution is -2.10. The summed E-state index contributed by atoms with van der Waals surface area (Å²) in [6, 6.07) is 10.5. The number of pyridine rings is 1. The average Bonchev–Trinajstić information content (AvgIpc) is 2.38. The number of hydrogen-bond donors (Lipinski definition) is 0. The van der Waals surface area contributed by atoms with Crippen LogP contribution in [0.5, 0.6) is 11.6 Å². The van der Waals surface area contributed by atoms with E-state index in [4.69, 9.17) is 21.1 Å². The third-order valence-electron chi connectivity index (χ3n) is 2.11. The van der Waals surface area contributed by atoms with Gasteiger partial charge in [0.15, 0.2) is 5.82 Å². The summed E-state index contributed by atoms with van der Waals surface area (Å²) >= 11 is 5.58. The second kappa shape index (κ2) is 6.21. The Hall–Kier alpha value is -1.81. The summed E-state index contributed by atoms with van der Waals surface area (Å²) in [6.45, 7) is 0.522. The molecular formula is C13H11ClFNO2. The van der Waals surface area contributed by atoms with Crippen LogP contribution < -0.4 is 9.47 Å². The van der Waals surface area contributed by atoms with Crippen LogP contribution in [0.15, 0.2) is 42.6 Å². The molecule has 5 heteroatoms. The molecule has 0 aliphatic carbocycles. The van der Waals surface area contributed by atoms with Gasteiger partial charge in [-0.25, -0.2) is 9.37 Å². The van der Waals surface area contributed by atoms with Crippen molar-refractivity contribution in [1.29, 1.82) is 0 Å². The van der Waals surface area contributed by atoms with Crippen LogP contribution in [0.1, 0.15) is 0 Å². The molecule has 2 rings (SSSR count). The molecule has 0 atom stereocenters. The molecule has 0 amide bonds. The maximum Gasteiger partial charge on any atom is 0.250 e. The topological polar surface area (TPSA) is 31.4 Å². The van der Waals surface area contributed by atoms with Gasteiger partial charge in [0, 0.05) is 6.20 Å². The van der Waals surface area contributed by atoms with Crippen LogP contribution in [-0.4, -0.2) is 18.2 Å². The van der Waals surface area contributed by atoms with E-state index in [1.807, 2.05) is 30.3 Å². The van der Waals surface area contributed by atoms with Crippen LogP contribution >= 0.6 is 11.6 Å². The molecule has 0 bridgehead atoms. The van der Waals surface area contributed by atoms with Crippen LogP contribution in [0.2, 0.25) is 5.02 Å². The Labute approximate surface area is 109 Å². The maximum absolute atomic E-state index is 13.3. The van der Waals surface area contributed by atoms with E-state index >= 15 is 0 Å². The van der Waals surface area contributed by atoms with Crippen LogP contribution in [0, 0.1) is 5.82 Å². The molecule has 0 N–H and O–H groups in total. The van der Waals surface area contributed by atoms with E-state index in [9.17, 15) is 4.39 Å². The number of benzene rings is 1. The van der Waals surface area contributed by atoms with Crippen LogP contribution in [0.25, 0.3) is 0 Å². The molecule has 94 valence electrons. The minimum absolute atomic E-state index is 0.0731. The Morgan fingerprint density at radius 1 is 1.11 bits per heavy atom. The molecular weight excluding hydrogens is 257 g/mol. The first kappa shape index (κ1) is 12.6. The van der Waals surface area contributed by atoms with E-state index in [1.54, 1.807) is 0 Å². The van der Waals surface area contributed by atoms with Crippen molar-refractivity contribution < 1.29 is 13.9 Å². The highest BCUT2D eigenvalue weighted by molar-refractivity contribution is 6.30. The van der Waals surface area contributed by atoms with Gasteiger partial charge in [-0.2, -0.15) is 0 Å². The quantitative estimate of drug-likeness (QED) is 0.779. The van der Waals surface area contributed by atoms with Crippen molar-refractivity contribution in [1.82, 2.24) is 4.98 Å². The standard InChI is InChI=1S/C13H11ClFNO2/c14-10-8-12(15)13(16-9-10)18-7-6-17-11-4-2-1-3-5-11/h1-5,8-9H,6-7H2. The molecule has 0 saturated heterocycles. The second-order valence-corrected chi connectivity index (χ2v) is 3.89. The minimum atomic E-state index is -0.581. The maximum atomic E-state index is 13.3. The normalized spacial score (nSPS) is 10.1. The zero-order chi connectivity index (χ0) is 12.8. The minimum Gasteiger partial charge on any atom is -0.490 e. The van der Waals surface area contributed by atoms with E-state index in [0.29, 0.717) is 6.61 Å². The smallest absolute Gasteiger partial charge is 0.250 e. The van der Waals surface area contributed by atoms with E-state index < -0.39 is 5.82 Å². The van der Waals surface area contributed by atoms with Crippen LogP contribution in [-0.2, 0) is 0 Å². The predicted molar refractivity (Wildman–Crippen MR) is 66.6 cm³/mol. The summed E-state index contributed by atoms with van der Waals surface area (Å²) in [5, 5.41) is 0.236. The Bertz CT molecular complexity index is 508. The first-order valence-electron chi connectivity index (χ1n) is 5.37. The highest BCUT2D eigenvalue weighted by Gasteiger charge is 2.05. The Kier molecular flexibility index (Phi) is 4.36. The molecule has 0 aliphatic rings. The molecule has 3 nitrogen and oxygen atoms in total. The number of rotatable bonds is 5. The molecule has 1 aromatic heterocycles. The molecule has 0 spiro atoms. The van der Waals surface area contributed by atoms with Gasteiger partial charge in [-0.3, -0.25) is 0 Å². The fraction of sp³-hybridized carbons (Fsp3) is 0.154. The molecule has 1 heterocycles. The lowest BCUT2D eigenvalue weighted by molar-refractivity contribution is 0.205. The van der Waals surface area contributed by atoms with Crippen molar-refractivity contribution in [2.45, 2.75) is 0 Å². The molecule has 0 aliphatic heterocycles. The van der Waals surface area contributed by atoms with Crippen LogP contribution in [0.4, 0.5) is 4.39 Å². The zero-order valence-corrected chi connectivity index (χ0v) is 10.2. The van der Waals surface area contributed by atoms with Crippen molar-refractivity contribution in [2.24, 2.45) is 0 Å². The van der Waals surface area contributed by atoms with E-state index in [-0.39, 0.29) is 17.5 Å². The Morgan fingerprint density at radius 3 is 2.56 bits per heavy atom. The SMILES string of the molecule is Fc1cc(Cl)cnc1OCCOc1ccccc1. The number of ether oxygens (including phenoxy) is 2. The molecule has 0 radical (unpaired) electrons. The van der Waals surface area contributed by atoms with Gasteiger partial charge < -0.3 is 9.47 Å². The first-order valence-corrected chi connectivity index (χ1v) is 5.75. The lowest BCUT2D eigenvalue weighted by Gasteiger charge is -2.08. The highest BCUT2D eigenvalue weighted by Crippen LogP contribution is 2.17. The van der Waals surface area contributed by atoms with E-state index in [1.165, 1.54) is 6.20 Å². The Morgan fingerprint density at radius 2 is 1.83 bits per heavy atom. The van der Waals surface area contributed by atoms with Crippen molar-refractivity contribution in [3.05, 3.63) is 53.4 Å². The summed E-state index contributed by atoms with van der Waals surface area (Å²) in [6.07, 6.45) is 1.33. The molecule has 18 heavy (non-hydrogen) atoms. The molecule has 0 unspecified atom stereocenters. The predicted octanol–water partition coefficient (Wildman–Crippen LogP) is 3.33. The average molecular weight is 268 g/mol. The van der Waals surface area contributed by atoms with Crippen molar-refractivity contribution in [3.63, 3.8) is 0 Å². The van der Waals surface area contributed by atoms with Crippen LogP contribution in [0.3, 0.4) is 0 Å². The number of hydrogen-bond acceptors (Lipinski definition) is 3. The Balaban J connectivity index is 1.79. The van der Waals surface area contributed by atoms with Gasteiger partial charge in [-0.05, 0) is 18.2 Å². The van der Waals surface area contributed by atoms with Gasteiger partial charge in [0.25, 0.3) is 5.88 Å². The lowest BCUT2D eigenvalue weighted by atomic mass is 10.3. The summed E-state index contributed by atoms with van der Waals surface area (Å²) in [5.74, 6) is 0.0870. The molecule has 0 fully saturated rings. The fourth-order valence-corrected chi connectivity index (χ4v) is 1.47. The summed E-state index contributed by atoms with van der Waals surface area (Å²) in [4.78, 5) is 3.74. The van der Waals surface area contributed by atoms with E-state index in [2.05, 4.69) is 4.98 Å². The van der Waals surface area contributed by atoms with Gasteiger partial charge in [-0.15, -0.1) is 0 Å². The van der Waals surface area contributed by atoms with Gasteiger partial charge in [0.05, 0.1) is 5.02 Å². The van der Waals surface area contributed by atoms with Gasteiger partial charge in [0.2, 0.25) is 0 Å².